The molecule has 7 nitrogen and oxygen atoms in total. The number of hydrogen-bond donors (Lipinski definition) is 1. The zero-order chi connectivity index (χ0) is 19.7. The van der Waals surface area contributed by atoms with Gasteiger partial charge < -0.3 is 10.2 Å². The number of carbonyl (C=O) groups is 3. The molecule has 2 aromatic rings. The Bertz CT molecular complexity index is 986. The summed E-state index contributed by atoms with van der Waals surface area (Å²) in [6.07, 6.45) is -0.119. The average Bonchev–Trinajstić information content (AvgIpc) is 3.22. The van der Waals surface area contributed by atoms with Gasteiger partial charge in [-0.3, -0.25) is 9.59 Å². The largest absolute Gasteiger partial charge is 0.456 e. The molecule has 0 bridgehead atoms. The topological polar surface area (TPSA) is 88.1 Å². The number of hydrazone groups is 1. The number of imide groups is 1. The molecule has 0 saturated carbocycles. The first-order valence-corrected chi connectivity index (χ1v) is 8.97. The minimum Gasteiger partial charge on any atom is -0.456 e. The van der Waals surface area contributed by atoms with E-state index in [1.807, 2.05) is 43.3 Å². The number of nitrogens with one attached hydrogen (secondary N) is 1. The fourth-order valence-electron chi connectivity index (χ4n) is 3.57. The second-order valence-electron chi connectivity index (χ2n) is 6.99. The van der Waals surface area contributed by atoms with Gasteiger partial charge in [0.25, 0.3) is 0 Å². The molecule has 1 unspecified atom stereocenters. The fourth-order valence-corrected chi connectivity index (χ4v) is 3.57. The van der Waals surface area contributed by atoms with Crippen LogP contribution in [0.25, 0.3) is 0 Å². The normalized spacial score (nSPS) is 21.0. The van der Waals surface area contributed by atoms with Crippen molar-refractivity contribution < 1.29 is 19.1 Å². The molecule has 2 aliphatic rings. The standard InChI is InChI=1S/C21H19N3O4/c1-14-6-5-9-16(10-14)24-17(25)11-21(20(24)27)13-22-23-18(21)19(26)28-12-15-7-3-2-4-8-15/h2-10,22H,11-13H2,1H3. The lowest BCUT2D eigenvalue weighted by molar-refractivity contribution is -0.138. The number of hydrogen-bond acceptors (Lipinski definition) is 6. The highest BCUT2D eigenvalue weighted by atomic mass is 16.5. The lowest BCUT2D eigenvalue weighted by atomic mass is 9.81. The van der Waals surface area contributed by atoms with Gasteiger partial charge in [0.05, 0.1) is 12.2 Å². The number of aryl methyl sites for hydroxylation is 1. The number of anilines is 1. The maximum Gasteiger partial charge on any atom is 0.356 e. The van der Waals surface area contributed by atoms with E-state index in [1.165, 1.54) is 0 Å². The predicted molar refractivity (Wildman–Crippen MR) is 102 cm³/mol. The molecule has 0 aromatic heterocycles. The van der Waals surface area contributed by atoms with E-state index in [9.17, 15) is 14.4 Å². The van der Waals surface area contributed by atoms with Gasteiger partial charge in [-0.2, -0.15) is 5.10 Å². The molecule has 142 valence electrons. The van der Waals surface area contributed by atoms with E-state index < -0.39 is 17.3 Å². The number of amides is 2. The Morgan fingerprint density at radius 3 is 2.71 bits per heavy atom. The Balaban J connectivity index is 1.57. The van der Waals surface area contributed by atoms with Crippen LogP contribution in [0.3, 0.4) is 0 Å². The van der Waals surface area contributed by atoms with Crippen LogP contribution in [0.4, 0.5) is 5.69 Å². The van der Waals surface area contributed by atoms with Gasteiger partial charge in [0.2, 0.25) is 11.8 Å². The summed E-state index contributed by atoms with van der Waals surface area (Å²) in [6.45, 7) is 2.05. The smallest absolute Gasteiger partial charge is 0.356 e. The molecule has 0 radical (unpaired) electrons. The molecule has 28 heavy (non-hydrogen) atoms. The molecule has 1 spiro atoms. The highest BCUT2D eigenvalue weighted by molar-refractivity contribution is 6.47. The predicted octanol–water partition coefficient (Wildman–Crippen LogP) is 1.95. The van der Waals surface area contributed by atoms with E-state index in [-0.39, 0.29) is 31.2 Å². The van der Waals surface area contributed by atoms with E-state index in [1.54, 1.807) is 18.2 Å². The summed E-state index contributed by atoms with van der Waals surface area (Å²) in [7, 11) is 0. The molecule has 2 aliphatic heterocycles. The number of ether oxygens (including phenoxy) is 1. The molecule has 1 fully saturated rings. The molecule has 7 heteroatoms. The lowest BCUT2D eigenvalue weighted by Crippen LogP contribution is -2.45. The minimum absolute atomic E-state index is 0.0445. The quantitative estimate of drug-likeness (QED) is 0.650. The van der Waals surface area contributed by atoms with Gasteiger partial charge in [-0.1, -0.05) is 42.5 Å². The maximum atomic E-state index is 13.2. The van der Waals surface area contributed by atoms with Gasteiger partial charge in [0.1, 0.15) is 12.0 Å². The summed E-state index contributed by atoms with van der Waals surface area (Å²) in [4.78, 5) is 39.7. The first-order valence-electron chi connectivity index (χ1n) is 8.97. The summed E-state index contributed by atoms with van der Waals surface area (Å²) < 4.78 is 5.35. The molecule has 0 aliphatic carbocycles. The van der Waals surface area contributed by atoms with Crippen molar-refractivity contribution in [3.63, 3.8) is 0 Å². The number of carbonyl (C=O) groups excluding carboxylic acids is 3. The molecular formula is C21H19N3O4. The lowest BCUT2D eigenvalue weighted by Gasteiger charge is -2.21. The van der Waals surface area contributed by atoms with Gasteiger partial charge in [-0.15, -0.1) is 0 Å². The van der Waals surface area contributed by atoms with Crippen molar-refractivity contribution in [2.24, 2.45) is 10.5 Å². The zero-order valence-electron chi connectivity index (χ0n) is 15.3. The van der Waals surface area contributed by atoms with Crippen LogP contribution in [0.1, 0.15) is 17.5 Å². The minimum atomic E-state index is -1.32. The first-order chi connectivity index (χ1) is 13.5. The molecule has 1 saturated heterocycles. The van der Waals surface area contributed by atoms with E-state index in [0.717, 1.165) is 16.0 Å². The number of nitrogens with zero attached hydrogens (tertiary/aromatic N) is 2. The van der Waals surface area contributed by atoms with Crippen LogP contribution in [-0.4, -0.2) is 30.0 Å². The Labute approximate surface area is 162 Å². The Kier molecular flexibility index (Phi) is 4.43. The van der Waals surface area contributed by atoms with Crippen LogP contribution in [0.5, 0.6) is 0 Å². The van der Waals surface area contributed by atoms with Crippen LogP contribution in [0.2, 0.25) is 0 Å². The summed E-state index contributed by atoms with van der Waals surface area (Å²) in [5.41, 5.74) is 3.59. The van der Waals surface area contributed by atoms with E-state index in [2.05, 4.69) is 10.5 Å². The molecule has 4 rings (SSSR count). The van der Waals surface area contributed by atoms with Gasteiger partial charge >= 0.3 is 5.97 Å². The third-order valence-electron chi connectivity index (χ3n) is 5.01. The fraction of sp³-hybridized carbons (Fsp3) is 0.238. The highest BCUT2D eigenvalue weighted by Gasteiger charge is 2.59. The molecular weight excluding hydrogens is 358 g/mol. The first kappa shape index (κ1) is 17.9. The van der Waals surface area contributed by atoms with Crippen LogP contribution >= 0.6 is 0 Å². The van der Waals surface area contributed by atoms with Crippen molar-refractivity contribution in [2.45, 2.75) is 20.0 Å². The molecule has 1 atom stereocenters. The summed E-state index contributed by atoms with van der Waals surface area (Å²) in [5.74, 6) is -1.51. The van der Waals surface area contributed by atoms with Gasteiger partial charge in [-0.25, -0.2) is 9.69 Å². The monoisotopic (exact) mass is 377 g/mol. The van der Waals surface area contributed by atoms with E-state index in [0.29, 0.717) is 5.69 Å². The molecule has 2 heterocycles. The van der Waals surface area contributed by atoms with Crippen molar-refractivity contribution in [3.05, 3.63) is 65.7 Å². The van der Waals surface area contributed by atoms with Crippen molar-refractivity contribution in [3.8, 4) is 0 Å². The zero-order valence-corrected chi connectivity index (χ0v) is 15.3. The van der Waals surface area contributed by atoms with Crippen LogP contribution in [0.15, 0.2) is 59.7 Å². The molecule has 1 N–H and O–H groups in total. The number of benzene rings is 2. The third-order valence-corrected chi connectivity index (χ3v) is 5.01. The van der Waals surface area contributed by atoms with Crippen molar-refractivity contribution in [2.75, 3.05) is 11.4 Å². The van der Waals surface area contributed by atoms with Crippen molar-refractivity contribution in [1.82, 2.24) is 5.43 Å². The van der Waals surface area contributed by atoms with Gasteiger partial charge in [0.15, 0.2) is 5.71 Å². The van der Waals surface area contributed by atoms with E-state index >= 15 is 0 Å². The summed E-state index contributed by atoms with van der Waals surface area (Å²) in [6, 6.07) is 16.4. The Morgan fingerprint density at radius 2 is 1.96 bits per heavy atom. The van der Waals surface area contributed by atoms with Crippen molar-refractivity contribution in [1.29, 1.82) is 0 Å². The molecule has 2 aromatic carbocycles. The summed E-state index contributed by atoms with van der Waals surface area (Å²) >= 11 is 0. The highest BCUT2D eigenvalue weighted by Crippen LogP contribution is 2.39. The van der Waals surface area contributed by atoms with E-state index in [4.69, 9.17) is 4.74 Å². The van der Waals surface area contributed by atoms with Gasteiger partial charge in [-0.05, 0) is 30.2 Å². The second kappa shape index (κ2) is 6.92. The Morgan fingerprint density at radius 1 is 1.18 bits per heavy atom. The van der Waals surface area contributed by atoms with Gasteiger partial charge in [0, 0.05) is 6.42 Å². The van der Waals surface area contributed by atoms with Crippen LogP contribution in [-0.2, 0) is 25.7 Å². The Hall–Kier alpha value is -3.48. The second-order valence-corrected chi connectivity index (χ2v) is 6.99. The SMILES string of the molecule is Cc1cccc(N2C(=O)CC3(CNN=C3C(=O)OCc3ccccc3)C2=O)c1. The molecule has 2 amide bonds. The number of rotatable bonds is 4. The maximum absolute atomic E-state index is 13.2. The average molecular weight is 377 g/mol. The van der Waals surface area contributed by atoms with Crippen molar-refractivity contribution >= 4 is 29.2 Å². The summed E-state index contributed by atoms with van der Waals surface area (Å²) in [5, 5.41) is 4.01. The van der Waals surface area contributed by atoms with Crippen LogP contribution in [0, 0.1) is 12.3 Å². The van der Waals surface area contributed by atoms with Crippen LogP contribution < -0.4 is 10.3 Å². The third kappa shape index (κ3) is 2.94. The number of esters is 1.